The highest BCUT2D eigenvalue weighted by atomic mass is 79.9. The number of carbonyl (C=O) groups is 1. The average Bonchev–Trinajstić information content (AvgIpc) is 2.35. The summed E-state index contributed by atoms with van der Waals surface area (Å²) < 4.78 is 6.73. The molecule has 0 saturated heterocycles. The first kappa shape index (κ1) is 16.8. The molecule has 0 aliphatic carbocycles. The van der Waals surface area contributed by atoms with Crippen molar-refractivity contribution >= 4 is 53.8 Å². The Balaban J connectivity index is 3.13. The summed E-state index contributed by atoms with van der Waals surface area (Å²) in [5.74, 6) is -1.47. The van der Waals surface area contributed by atoms with Gasteiger partial charge < -0.3 is 14.9 Å². The number of phenols is 1. The van der Waals surface area contributed by atoms with Gasteiger partial charge in [0.25, 0.3) is 0 Å². The van der Waals surface area contributed by atoms with Crippen LogP contribution in [0.25, 0.3) is 0 Å². The van der Waals surface area contributed by atoms with Gasteiger partial charge in [-0.15, -0.1) is 0 Å². The minimum atomic E-state index is -1.23. The second kappa shape index (κ2) is 7.50. The van der Waals surface area contributed by atoms with E-state index < -0.39 is 5.97 Å². The standard InChI is InChI=1S/C12H13Br3O4/c1-2-3-4-5-19-11-9(15)8(14)7(13)6(10(11)16)12(17)18/h16H,2-5H2,1H3,(H,17,18). The Bertz CT molecular complexity index is 489. The molecule has 0 fully saturated rings. The molecule has 7 heteroatoms. The summed E-state index contributed by atoms with van der Waals surface area (Å²) in [5.41, 5.74) is -0.222. The van der Waals surface area contributed by atoms with Crippen LogP contribution in [-0.2, 0) is 0 Å². The first-order valence-electron chi connectivity index (χ1n) is 5.67. The van der Waals surface area contributed by atoms with E-state index in [2.05, 4.69) is 54.7 Å². The lowest BCUT2D eigenvalue weighted by Gasteiger charge is -2.15. The van der Waals surface area contributed by atoms with Crippen molar-refractivity contribution in [2.45, 2.75) is 26.2 Å². The Morgan fingerprint density at radius 2 is 1.79 bits per heavy atom. The minimum Gasteiger partial charge on any atom is -0.504 e. The fraction of sp³-hybridized carbons (Fsp3) is 0.417. The van der Waals surface area contributed by atoms with Gasteiger partial charge in [-0.2, -0.15) is 0 Å². The van der Waals surface area contributed by atoms with E-state index in [-0.39, 0.29) is 21.5 Å². The summed E-state index contributed by atoms with van der Waals surface area (Å²) >= 11 is 9.67. The van der Waals surface area contributed by atoms with Crippen LogP contribution in [0.3, 0.4) is 0 Å². The maximum Gasteiger partial charge on any atom is 0.340 e. The quantitative estimate of drug-likeness (QED) is 0.465. The predicted molar refractivity (Wildman–Crippen MR) is 83.2 cm³/mol. The summed E-state index contributed by atoms with van der Waals surface area (Å²) in [6.07, 6.45) is 2.92. The van der Waals surface area contributed by atoms with E-state index in [1.54, 1.807) is 0 Å². The molecule has 4 nitrogen and oxygen atoms in total. The fourth-order valence-electron chi connectivity index (χ4n) is 1.48. The predicted octanol–water partition coefficient (Wildman–Crippen LogP) is 4.95. The molecule has 0 bridgehead atoms. The number of hydrogen-bond acceptors (Lipinski definition) is 3. The molecule has 1 aromatic rings. The number of carboxylic acids is 1. The van der Waals surface area contributed by atoms with Crippen LogP contribution < -0.4 is 4.74 Å². The average molecular weight is 461 g/mol. The third-order valence-electron chi connectivity index (χ3n) is 2.46. The van der Waals surface area contributed by atoms with Crippen LogP contribution in [0.5, 0.6) is 11.5 Å². The van der Waals surface area contributed by atoms with E-state index in [4.69, 9.17) is 9.84 Å². The van der Waals surface area contributed by atoms with Gasteiger partial charge in [-0.3, -0.25) is 0 Å². The third kappa shape index (κ3) is 3.86. The van der Waals surface area contributed by atoms with Crippen molar-refractivity contribution in [3.05, 3.63) is 19.0 Å². The summed E-state index contributed by atoms with van der Waals surface area (Å²) in [4.78, 5) is 11.2. The van der Waals surface area contributed by atoms with Gasteiger partial charge >= 0.3 is 5.97 Å². The van der Waals surface area contributed by atoms with Gasteiger partial charge in [-0.05, 0) is 54.2 Å². The van der Waals surface area contributed by atoms with Crippen LogP contribution in [-0.4, -0.2) is 22.8 Å². The lowest BCUT2D eigenvalue weighted by molar-refractivity contribution is 0.0691. The van der Waals surface area contributed by atoms with Crippen LogP contribution in [0, 0.1) is 0 Å². The molecule has 1 aromatic carbocycles. The van der Waals surface area contributed by atoms with Gasteiger partial charge in [0, 0.05) is 0 Å². The Kier molecular flexibility index (Phi) is 6.62. The van der Waals surface area contributed by atoms with Gasteiger partial charge in [0.15, 0.2) is 11.5 Å². The molecule has 0 atom stereocenters. The van der Waals surface area contributed by atoms with E-state index in [1.807, 2.05) is 0 Å². The van der Waals surface area contributed by atoms with Crippen LogP contribution in [0.4, 0.5) is 0 Å². The monoisotopic (exact) mass is 458 g/mol. The molecule has 0 spiro atoms. The van der Waals surface area contributed by atoms with E-state index in [0.29, 0.717) is 15.6 Å². The van der Waals surface area contributed by atoms with E-state index in [1.165, 1.54) is 0 Å². The van der Waals surface area contributed by atoms with Crippen LogP contribution in [0.15, 0.2) is 13.4 Å². The van der Waals surface area contributed by atoms with Crippen molar-refractivity contribution in [1.29, 1.82) is 0 Å². The summed E-state index contributed by atoms with van der Waals surface area (Å²) in [6.45, 7) is 2.50. The van der Waals surface area contributed by atoms with Crippen LogP contribution in [0.1, 0.15) is 36.5 Å². The maximum absolute atomic E-state index is 11.2. The first-order chi connectivity index (χ1) is 8.91. The Morgan fingerprint density at radius 3 is 2.32 bits per heavy atom. The molecule has 2 N–H and O–H groups in total. The third-order valence-corrected chi connectivity index (χ3v) is 5.87. The zero-order chi connectivity index (χ0) is 14.6. The normalized spacial score (nSPS) is 10.5. The SMILES string of the molecule is CCCCCOc1c(O)c(C(=O)O)c(Br)c(Br)c1Br. The highest BCUT2D eigenvalue weighted by Gasteiger charge is 2.25. The minimum absolute atomic E-state index is 0.142. The van der Waals surface area contributed by atoms with Crippen LogP contribution in [0.2, 0.25) is 0 Å². The Labute approximate surface area is 136 Å². The van der Waals surface area contributed by atoms with Gasteiger partial charge in [0.2, 0.25) is 0 Å². The zero-order valence-electron chi connectivity index (χ0n) is 10.2. The van der Waals surface area contributed by atoms with Crippen molar-refractivity contribution in [3.63, 3.8) is 0 Å². The second-order valence-electron chi connectivity index (χ2n) is 3.86. The highest BCUT2D eigenvalue weighted by Crippen LogP contribution is 2.47. The zero-order valence-corrected chi connectivity index (χ0v) is 14.9. The Hall–Kier alpha value is -0.270. The molecule has 0 unspecified atom stereocenters. The van der Waals surface area contributed by atoms with E-state index >= 15 is 0 Å². The number of ether oxygens (including phenoxy) is 1. The number of aromatic carboxylic acids is 1. The molecule has 0 heterocycles. The molecule has 0 saturated carbocycles. The van der Waals surface area contributed by atoms with Crippen molar-refractivity contribution in [2.75, 3.05) is 6.61 Å². The Morgan fingerprint density at radius 1 is 1.16 bits per heavy atom. The van der Waals surface area contributed by atoms with Gasteiger partial charge in [0.1, 0.15) is 5.56 Å². The molecular weight excluding hydrogens is 448 g/mol. The highest BCUT2D eigenvalue weighted by molar-refractivity contribution is 9.14. The largest absolute Gasteiger partial charge is 0.504 e. The first-order valence-corrected chi connectivity index (χ1v) is 8.05. The molecule has 0 aliphatic heterocycles. The second-order valence-corrected chi connectivity index (χ2v) is 6.23. The lowest BCUT2D eigenvalue weighted by Crippen LogP contribution is -2.04. The van der Waals surface area contributed by atoms with Crippen molar-refractivity contribution < 1.29 is 19.7 Å². The molecule has 0 radical (unpaired) electrons. The molecule has 19 heavy (non-hydrogen) atoms. The number of benzene rings is 1. The number of halogens is 3. The summed E-state index contributed by atoms with van der Waals surface area (Å²) in [7, 11) is 0. The smallest absolute Gasteiger partial charge is 0.340 e. The summed E-state index contributed by atoms with van der Waals surface area (Å²) in [6, 6.07) is 0. The fourth-order valence-corrected chi connectivity index (χ4v) is 3.18. The lowest BCUT2D eigenvalue weighted by atomic mass is 10.2. The molecule has 106 valence electrons. The van der Waals surface area contributed by atoms with Gasteiger partial charge in [-0.1, -0.05) is 19.8 Å². The number of unbranched alkanes of at least 4 members (excludes halogenated alkanes) is 2. The molecule has 1 rings (SSSR count). The number of carboxylic acid groups (broad SMARTS) is 1. The maximum atomic E-state index is 11.2. The van der Waals surface area contributed by atoms with Crippen molar-refractivity contribution in [1.82, 2.24) is 0 Å². The van der Waals surface area contributed by atoms with Crippen molar-refractivity contribution in [3.8, 4) is 11.5 Å². The number of rotatable bonds is 6. The molecule has 0 aromatic heterocycles. The number of aromatic hydroxyl groups is 1. The molecular formula is C12H13Br3O4. The molecule has 0 aliphatic rings. The number of hydrogen-bond donors (Lipinski definition) is 2. The van der Waals surface area contributed by atoms with Gasteiger partial charge in [0.05, 0.1) is 20.0 Å². The van der Waals surface area contributed by atoms with E-state index in [9.17, 15) is 9.90 Å². The van der Waals surface area contributed by atoms with Crippen molar-refractivity contribution in [2.24, 2.45) is 0 Å². The van der Waals surface area contributed by atoms with E-state index in [0.717, 1.165) is 19.3 Å². The van der Waals surface area contributed by atoms with Gasteiger partial charge in [-0.25, -0.2) is 4.79 Å². The molecule has 0 amide bonds. The van der Waals surface area contributed by atoms with Crippen LogP contribution >= 0.6 is 47.8 Å². The summed E-state index contributed by atoms with van der Waals surface area (Å²) in [5, 5.41) is 19.1. The topological polar surface area (TPSA) is 66.8 Å².